The molecule has 148 valence electrons. The average molecular weight is 409 g/mol. The molecule has 1 amide bonds. The molecule has 0 bridgehead atoms. The molecule has 0 atom stereocenters. The van der Waals surface area contributed by atoms with E-state index in [1.807, 2.05) is 22.8 Å². The zero-order valence-electron chi connectivity index (χ0n) is 15.7. The third-order valence-electron chi connectivity index (χ3n) is 3.84. The summed E-state index contributed by atoms with van der Waals surface area (Å²) in [5, 5.41) is 11.8. The number of allylic oxidation sites excluding steroid dienone is 1. The fourth-order valence-electron chi connectivity index (χ4n) is 2.51. The number of nitrogens with zero attached hydrogens (tertiary/aromatic N) is 4. The second-order valence-corrected chi connectivity index (χ2v) is 6.77. The van der Waals surface area contributed by atoms with E-state index >= 15 is 0 Å². The minimum absolute atomic E-state index is 0.149. The van der Waals surface area contributed by atoms with Gasteiger partial charge in [-0.1, -0.05) is 23.9 Å². The number of methoxy groups -OCH3 is 1. The van der Waals surface area contributed by atoms with E-state index in [1.54, 1.807) is 36.5 Å². The van der Waals surface area contributed by atoms with Crippen LogP contribution in [0.4, 0.5) is 5.69 Å². The van der Waals surface area contributed by atoms with Crippen LogP contribution in [0, 0.1) is 0 Å². The molecule has 3 rings (SSSR count). The number of aromatic nitrogens is 4. The highest BCUT2D eigenvalue weighted by molar-refractivity contribution is 7.99. The Labute approximate surface area is 172 Å². The number of carbonyl (C=O) groups excluding carboxylic acids is 2. The van der Waals surface area contributed by atoms with Crippen molar-refractivity contribution in [3.05, 3.63) is 66.9 Å². The van der Waals surface area contributed by atoms with Crippen LogP contribution in [0.25, 0.3) is 11.5 Å². The molecule has 2 heterocycles. The second-order valence-electron chi connectivity index (χ2n) is 5.83. The van der Waals surface area contributed by atoms with Gasteiger partial charge >= 0.3 is 5.97 Å². The Morgan fingerprint density at radius 2 is 2.00 bits per heavy atom. The molecule has 0 aliphatic heterocycles. The maximum atomic E-state index is 12.3. The number of hydrogen-bond donors (Lipinski definition) is 1. The largest absolute Gasteiger partial charge is 0.465 e. The molecule has 0 aliphatic carbocycles. The average Bonchev–Trinajstić information content (AvgIpc) is 3.16. The zero-order valence-corrected chi connectivity index (χ0v) is 16.6. The molecule has 0 spiro atoms. The van der Waals surface area contributed by atoms with Crippen LogP contribution in [0.5, 0.6) is 0 Å². The molecule has 29 heavy (non-hydrogen) atoms. The van der Waals surface area contributed by atoms with Crippen molar-refractivity contribution >= 4 is 29.3 Å². The van der Waals surface area contributed by atoms with Crippen LogP contribution in [0.2, 0.25) is 0 Å². The van der Waals surface area contributed by atoms with Crippen LogP contribution < -0.4 is 5.32 Å². The lowest BCUT2D eigenvalue weighted by molar-refractivity contribution is -0.113. The van der Waals surface area contributed by atoms with Gasteiger partial charge in [-0.15, -0.1) is 16.8 Å². The molecule has 0 saturated carbocycles. The highest BCUT2D eigenvalue weighted by Crippen LogP contribution is 2.23. The third kappa shape index (κ3) is 5.08. The topological polar surface area (TPSA) is 99.0 Å². The Balaban J connectivity index is 1.65. The van der Waals surface area contributed by atoms with Crippen molar-refractivity contribution in [2.45, 2.75) is 11.7 Å². The quantitative estimate of drug-likeness (QED) is 0.347. The number of hydrogen-bond acceptors (Lipinski definition) is 7. The van der Waals surface area contributed by atoms with Gasteiger partial charge in [-0.2, -0.15) is 0 Å². The lowest BCUT2D eigenvalue weighted by Gasteiger charge is -2.08. The van der Waals surface area contributed by atoms with Crippen LogP contribution in [0.3, 0.4) is 0 Å². The number of amides is 1. The van der Waals surface area contributed by atoms with Crippen molar-refractivity contribution < 1.29 is 14.3 Å². The fraction of sp³-hybridized carbons (Fsp3) is 0.150. The van der Waals surface area contributed by atoms with Gasteiger partial charge in [0.2, 0.25) is 5.91 Å². The van der Waals surface area contributed by atoms with E-state index in [9.17, 15) is 9.59 Å². The van der Waals surface area contributed by atoms with E-state index in [4.69, 9.17) is 0 Å². The highest BCUT2D eigenvalue weighted by atomic mass is 32.2. The number of ether oxygens (including phenoxy) is 1. The number of rotatable bonds is 8. The lowest BCUT2D eigenvalue weighted by Crippen LogP contribution is -2.15. The monoisotopic (exact) mass is 409 g/mol. The SMILES string of the molecule is C=CCn1c(SCC(=O)Nc2ccc(C(=O)OC)cc2)nnc1-c1ccccn1. The molecule has 1 aromatic carbocycles. The standard InChI is InChI=1S/C20H19N5O3S/c1-3-12-25-18(16-6-4-5-11-21-16)23-24-20(25)29-13-17(26)22-15-9-7-14(8-10-15)19(27)28-2/h3-11H,1,12-13H2,2H3,(H,22,26). The lowest BCUT2D eigenvalue weighted by atomic mass is 10.2. The Bertz CT molecular complexity index is 1000. The van der Waals surface area contributed by atoms with Crippen LogP contribution >= 0.6 is 11.8 Å². The van der Waals surface area contributed by atoms with Crippen molar-refractivity contribution in [1.29, 1.82) is 0 Å². The molecule has 9 heteroatoms. The summed E-state index contributed by atoms with van der Waals surface area (Å²) < 4.78 is 6.51. The summed E-state index contributed by atoms with van der Waals surface area (Å²) in [4.78, 5) is 28.1. The van der Waals surface area contributed by atoms with Gasteiger partial charge < -0.3 is 10.1 Å². The van der Waals surface area contributed by atoms with Crippen molar-refractivity contribution in [3.8, 4) is 11.5 Å². The number of benzene rings is 1. The molecule has 0 aliphatic rings. The maximum Gasteiger partial charge on any atom is 0.337 e. The number of nitrogens with one attached hydrogen (secondary N) is 1. The Hall–Kier alpha value is -3.46. The van der Waals surface area contributed by atoms with E-state index in [0.29, 0.717) is 34.5 Å². The van der Waals surface area contributed by atoms with Crippen molar-refractivity contribution in [2.24, 2.45) is 0 Å². The summed E-state index contributed by atoms with van der Waals surface area (Å²) in [6, 6.07) is 12.0. The Morgan fingerprint density at radius 1 is 1.21 bits per heavy atom. The van der Waals surface area contributed by atoms with Gasteiger partial charge in [-0.05, 0) is 36.4 Å². The molecule has 2 aromatic heterocycles. The highest BCUT2D eigenvalue weighted by Gasteiger charge is 2.15. The van der Waals surface area contributed by atoms with Crippen molar-refractivity contribution in [1.82, 2.24) is 19.7 Å². The normalized spacial score (nSPS) is 10.4. The van der Waals surface area contributed by atoms with Crippen molar-refractivity contribution in [2.75, 3.05) is 18.2 Å². The van der Waals surface area contributed by atoms with E-state index in [2.05, 4.69) is 31.8 Å². The summed E-state index contributed by atoms with van der Waals surface area (Å²) in [5.41, 5.74) is 1.70. The second kappa shape index (κ2) is 9.65. The van der Waals surface area contributed by atoms with Crippen molar-refractivity contribution in [3.63, 3.8) is 0 Å². The summed E-state index contributed by atoms with van der Waals surface area (Å²) in [7, 11) is 1.32. The first-order chi connectivity index (χ1) is 14.1. The number of esters is 1. The predicted molar refractivity (Wildman–Crippen MR) is 111 cm³/mol. The van der Waals surface area contributed by atoms with Crippen LogP contribution in [0.1, 0.15) is 10.4 Å². The molecular formula is C20H19N5O3S. The maximum absolute atomic E-state index is 12.3. The predicted octanol–water partition coefficient (Wildman–Crippen LogP) is 3.04. The molecule has 8 nitrogen and oxygen atoms in total. The number of anilines is 1. The number of carbonyl (C=O) groups is 2. The van der Waals surface area contributed by atoms with Gasteiger partial charge in [0, 0.05) is 18.4 Å². The molecule has 0 radical (unpaired) electrons. The van der Waals surface area contributed by atoms with E-state index in [0.717, 1.165) is 0 Å². The fourth-order valence-corrected chi connectivity index (χ4v) is 3.26. The molecule has 0 saturated heterocycles. The van der Waals surface area contributed by atoms with E-state index < -0.39 is 5.97 Å². The smallest absolute Gasteiger partial charge is 0.337 e. The molecule has 3 aromatic rings. The zero-order chi connectivity index (χ0) is 20.6. The first kappa shape index (κ1) is 20.3. The third-order valence-corrected chi connectivity index (χ3v) is 4.81. The minimum atomic E-state index is -0.427. The first-order valence-electron chi connectivity index (χ1n) is 8.69. The molecular weight excluding hydrogens is 390 g/mol. The molecule has 1 N–H and O–H groups in total. The van der Waals surface area contributed by atoms with Gasteiger partial charge in [0.15, 0.2) is 11.0 Å². The Kier molecular flexibility index (Phi) is 6.75. The van der Waals surface area contributed by atoms with Gasteiger partial charge in [-0.3, -0.25) is 14.3 Å². The summed E-state index contributed by atoms with van der Waals surface area (Å²) in [6.07, 6.45) is 3.43. The van der Waals surface area contributed by atoms with E-state index in [-0.39, 0.29) is 11.7 Å². The van der Waals surface area contributed by atoms with Crippen LogP contribution in [-0.2, 0) is 16.1 Å². The van der Waals surface area contributed by atoms with Gasteiger partial charge in [0.1, 0.15) is 5.69 Å². The number of thioether (sulfide) groups is 1. The summed E-state index contributed by atoms with van der Waals surface area (Å²) in [5.74, 6) is 0.139. The van der Waals surface area contributed by atoms with E-state index in [1.165, 1.54) is 18.9 Å². The summed E-state index contributed by atoms with van der Waals surface area (Å²) >= 11 is 1.27. The van der Waals surface area contributed by atoms with Gasteiger partial charge in [-0.25, -0.2) is 4.79 Å². The summed E-state index contributed by atoms with van der Waals surface area (Å²) in [6.45, 7) is 4.27. The van der Waals surface area contributed by atoms with Crippen LogP contribution in [0.15, 0.2) is 66.5 Å². The minimum Gasteiger partial charge on any atom is -0.465 e. The molecule has 0 fully saturated rings. The molecule has 0 unspecified atom stereocenters. The van der Waals surface area contributed by atoms with Gasteiger partial charge in [0.25, 0.3) is 0 Å². The van der Waals surface area contributed by atoms with Crippen LogP contribution in [-0.4, -0.2) is 44.5 Å². The first-order valence-corrected chi connectivity index (χ1v) is 9.67. The Morgan fingerprint density at radius 3 is 2.66 bits per heavy atom. The van der Waals surface area contributed by atoms with Gasteiger partial charge in [0.05, 0.1) is 18.4 Å². The number of pyridine rings is 1.